The van der Waals surface area contributed by atoms with Gasteiger partial charge in [0.15, 0.2) is 0 Å². The summed E-state index contributed by atoms with van der Waals surface area (Å²) < 4.78 is 10.7. The van der Waals surface area contributed by atoms with Crippen LogP contribution in [0.3, 0.4) is 0 Å². The summed E-state index contributed by atoms with van der Waals surface area (Å²) in [6.45, 7) is 10.5. The highest BCUT2D eigenvalue weighted by molar-refractivity contribution is 5.81. The van der Waals surface area contributed by atoms with Gasteiger partial charge in [-0.25, -0.2) is 4.79 Å². The van der Waals surface area contributed by atoms with Crippen LogP contribution < -0.4 is 0 Å². The van der Waals surface area contributed by atoms with Crippen molar-refractivity contribution in [3.63, 3.8) is 0 Å². The number of amides is 2. The Labute approximate surface area is 145 Å². The van der Waals surface area contributed by atoms with Gasteiger partial charge in [0.1, 0.15) is 5.60 Å². The Morgan fingerprint density at radius 2 is 1.88 bits per heavy atom. The van der Waals surface area contributed by atoms with Gasteiger partial charge in [0.2, 0.25) is 5.91 Å². The zero-order chi connectivity index (χ0) is 17.9. The van der Waals surface area contributed by atoms with Gasteiger partial charge in [-0.1, -0.05) is 6.92 Å². The summed E-state index contributed by atoms with van der Waals surface area (Å²) in [5.41, 5.74) is -0.514. The van der Waals surface area contributed by atoms with E-state index in [1.807, 2.05) is 32.6 Å². The van der Waals surface area contributed by atoms with E-state index in [2.05, 4.69) is 0 Å². The first kappa shape index (κ1) is 19.0. The first-order chi connectivity index (χ1) is 11.3. The van der Waals surface area contributed by atoms with Crippen LogP contribution in [0.15, 0.2) is 0 Å². The van der Waals surface area contributed by atoms with Crippen molar-refractivity contribution in [2.75, 3.05) is 33.4 Å². The molecule has 2 aliphatic heterocycles. The van der Waals surface area contributed by atoms with Gasteiger partial charge in [0, 0.05) is 38.7 Å². The second kappa shape index (κ2) is 7.72. The van der Waals surface area contributed by atoms with E-state index >= 15 is 0 Å². The Balaban J connectivity index is 1.99. The van der Waals surface area contributed by atoms with Crippen LogP contribution in [-0.2, 0) is 14.3 Å². The molecule has 2 rings (SSSR count). The van der Waals surface area contributed by atoms with Crippen LogP contribution in [0.1, 0.15) is 47.0 Å². The van der Waals surface area contributed by atoms with Crippen molar-refractivity contribution in [3.05, 3.63) is 0 Å². The Morgan fingerprint density at radius 1 is 1.17 bits per heavy atom. The normalized spacial score (nSPS) is 27.6. The number of nitrogens with zero attached hydrogens (tertiary/aromatic N) is 2. The van der Waals surface area contributed by atoms with Crippen LogP contribution in [-0.4, -0.2) is 66.8 Å². The van der Waals surface area contributed by atoms with Crippen molar-refractivity contribution in [1.82, 2.24) is 9.80 Å². The molecule has 24 heavy (non-hydrogen) atoms. The molecule has 2 fully saturated rings. The minimum atomic E-state index is -0.514. The van der Waals surface area contributed by atoms with Gasteiger partial charge >= 0.3 is 6.09 Å². The first-order valence-corrected chi connectivity index (χ1v) is 9.04. The molecule has 0 aliphatic carbocycles. The van der Waals surface area contributed by atoms with Gasteiger partial charge in [0.25, 0.3) is 0 Å². The maximum atomic E-state index is 12.9. The molecule has 0 saturated carbocycles. The molecule has 0 aromatic rings. The Hall–Kier alpha value is -1.30. The number of likely N-dealkylation sites (tertiary alicyclic amines) is 2. The van der Waals surface area contributed by atoms with Crippen LogP contribution in [0.5, 0.6) is 0 Å². The fourth-order valence-corrected chi connectivity index (χ4v) is 3.83. The van der Waals surface area contributed by atoms with Gasteiger partial charge in [-0.3, -0.25) is 4.79 Å². The van der Waals surface area contributed by atoms with Crippen LogP contribution in [0.2, 0.25) is 0 Å². The SMILES string of the molecule is CC[C@@H]1[C@H](C(=O)N2CC[C@H](COC)C2)CCN1C(=O)OC(C)(C)C. The maximum Gasteiger partial charge on any atom is 0.410 e. The van der Waals surface area contributed by atoms with E-state index in [9.17, 15) is 9.59 Å². The standard InChI is InChI=1S/C18H32N2O4/c1-6-15-14(8-10-20(15)17(22)24-18(2,3)4)16(21)19-9-7-13(11-19)12-23-5/h13-15H,6-12H2,1-5H3/t13-,14+,15+/m0/s1. The van der Waals surface area contributed by atoms with Crippen molar-refractivity contribution in [2.45, 2.75) is 58.6 Å². The first-order valence-electron chi connectivity index (χ1n) is 9.04. The average Bonchev–Trinajstić information content (AvgIpc) is 3.11. The Kier molecular flexibility index (Phi) is 6.12. The number of hydrogen-bond donors (Lipinski definition) is 0. The molecule has 0 radical (unpaired) electrons. The van der Waals surface area contributed by atoms with E-state index in [0.717, 1.165) is 32.4 Å². The summed E-state index contributed by atoms with van der Waals surface area (Å²) >= 11 is 0. The molecule has 2 aliphatic rings. The molecule has 0 N–H and O–H groups in total. The molecule has 6 nitrogen and oxygen atoms in total. The molecule has 0 spiro atoms. The lowest BCUT2D eigenvalue weighted by Crippen LogP contribution is -2.45. The summed E-state index contributed by atoms with van der Waals surface area (Å²) in [7, 11) is 1.70. The lowest BCUT2D eigenvalue weighted by Gasteiger charge is -2.31. The summed E-state index contributed by atoms with van der Waals surface area (Å²) in [5, 5.41) is 0. The summed E-state index contributed by atoms with van der Waals surface area (Å²) in [6, 6.07) is -0.0613. The third-order valence-electron chi connectivity index (χ3n) is 4.91. The fraction of sp³-hybridized carbons (Fsp3) is 0.889. The number of hydrogen-bond acceptors (Lipinski definition) is 4. The highest BCUT2D eigenvalue weighted by Crippen LogP contribution is 2.31. The molecule has 2 saturated heterocycles. The van der Waals surface area contributed by atoms with Crippen LogP contribution in [0, 0.1) is 11.8 Å². The fourth-order valence-electron chi connectivity index (χ4n) is 3.83. The third-order valence-corrected chi connectivity index (χ3v) is 4.91. The van der Waals surface area contributed by atoms with Crippen molar-refractivity contribution in [1.29, 1.82) is 0 Å². The number of carbonyl (C=O) groups excluding carboxylic acids is 2. The van der Waals surface area contributed by atoms with E-state index < -0.39 is 5.60 Å². The summed E-state index contributed by atoms with van der Waals surface area (Å²) in [6.07, 6.45) is 2.19. The number of methoxy groups -OCH3 is 1. The molecular weight excluding hydrogens is 308 g/mol. The molecule has 138 valence electrons. The second-order valence-electron chi connectivity index (χ2n) is 7.94. The van der Waals surface area contributed by atoms with Gasteiger partial charge in [-0.05, 0) is 40.0 Å². The maximum absolute atomic E-state index is 12.9. The smallest absolute Gasteiger partial charge is 0.410 e. The van der Waals surface area contributed by atoms with Gasteiger partial charge in [0.05, 0.1) is 12.5 Å². The molecule has 0 aromatic heterocycles. The zero-order valence-corrected chi connectivity index (χ0v) is 15.7. The molecule has 0 bridgehead atoms. The number of ether oxygens (including phenoxy) is 2. The third kappa shape index (κ3) is 4.41. The van der Waals surface area contributed by atoms with Crippen molar-refractivity contribution >= 4 is 12.0 Å². The van der Waals surface area contributed by atoms with Gasteiger partial charge in [-0.15, -0.1) is 0 Å². The summed E-state index contributed by atoms with van der Waals surface area (Å²) in [5.74, 6) is 0.512. The lowest BCUT2D eigenvalue weighted by molar-refractivity contribution is -0.135. The van der Waals surface area contributed by atoms with Crippen LogP contribution >= 0.6 is 0 Å². The Morgan fingerprint density at radius 3 is 2.46 bits per heavy atom. The highest BCUT2D eigenvalue weighted by Gasteiger charge is 2.43. The lowest BCUT2D eigenvalue weighted by atomic mass is 9.96. The molecule has 0 unspecified atom stereocenters. The van der Waals surface area contributed by atoms with Gasteiger partial charge < -0.3 is 19.3 Å². The van der Waals surface area contributed by atoms with E-state index in [1.54, 1.807) is 12.0 Å². The molecular formula is C18H32N2O4. The van der Waals surface area contributed by atoms with Crippen LogP contribution in [0.4, 0.5) is 4.79 Å². The highest BCUT2D eigenvalue weighted by atomic mass is 16.6. The van der Waals surface area contributed by atoms with Gasteiger partial charge in [-0.2, -0.15) is 0 Å². The summed E-state index contributed by atoms with van der Waals surface area (Å²) in [4.78, 5) is 29.0. The van der Waals surface area contributed by atoms with Crippen molar-refractivity contribution < 1.29 is 19.1 Å². The van der Waals surface area contributed by atoms with Crippen molar-refractivity contribution in [3.8, 4) is 0 Å². The predicted molar refractivity (Wildman–Crippen MR) is 91.7 cm³/mol. The second-order valence-corrected chi connectivity index (χ2v) is 7.94. The van der Waals surface area contributed by atoms with Crippen LogP contribution in [0.25, 0.3) is 0 Å². The Bertz CT molecular complexity index is 460. The molecule has 6 heteroatoms. The number of rotatable bonds is 4. The average molecular weight is 340 g/mol. The van der Waals surface area contributed by atoms with E-state index in [-0.39, 0.29) is 24.0 Å². The van der Waals surface area contributed by atoms with E-state index in [1.165, 1.54) is 0 Å². The quantitative estimate of drug-likeness (QED) is 0.789. The van der Waals surface area contributed by atoms with E-state index in [4.69, 9.17) is 9.47 Å². The predicted octanol–water partition coefficient (Wildman–Crippen LogP) is 2.52. The monoisotopic (exact) mass is 340 g/mol. The molecule has 2 amide bonds. The molecule has 2 heterocycles. The minimum Gasteiger partial charge on any atom is -0.444 e. The largest absolute Gasteiger partial charge is 0.444 e. The molecule has 3 atom stereocenters. The van der Waals surface area contributed by atoms with Crippen molar-refractivity contribution in [2.24, 2.45) is 11.8 Å². The topological polar surface area (TPSA) is 59.1 Å². The minimum absolute atomic E-state index is 0.0613. The van der Waals surface area contributed by atoms with E-state index in [0.29, 0.717) is 19.1 Å². The number of carbonyl (C=O) groups is 2. The zero-order valence-electron chi connectivity index (χ0n) is 15.7. The molecule has 0 aromatic carbocycles.